The van der Waals surface area contributed by atoms with Gasteiger partial charge in [-0.25, -0.2) is 0 Å². The van der Waals surface area contributed by atoms with E-state index >= 15 is 0 Å². The lowest BCUT2D eigenvalue weighted by Gasteiger charge is -2.05. The number of nitrogens with one attached hydrogen (secondary N) is 3. The molecule has 0 atom stereocenters. The van der Waals surface area contributed by atoms with Gasteiger partial charge in [0.15, 0.2) is 16.7 Å². The minimum absolute atomic E-state index is 0.157. The Hall–Kier alpha value is -3.20. The van der Waals surface area contributed by atoms with Crippen molar-refractivity contribution in [3.8, 4) is 11.5 Å². The first-order valence-corrected chi connectivity index (χ1v) is 9.62. The molecule has 0 unspecified atom stereocenters. The van der Waals surface area contributed by atoms with Gasteiger partial charge in [0.25, 0.3) is 11.8 Å². The highest BCUT2D eigenvalue weighted by atomic mass is 32.2. The van der Waals surface area contributed by atoms with Crippen molar-refractivity contribution in [1.29, 1.82) is 0 Å². The van der Waals surface area contributed by atoms with Gasteiger partial charge in [0.05, 0.1) is 11.4 Å². The van der Waals surface area contributed by atoms with Gasteiger partial charge >= 0.3 is 0 Å². The van der Waals surface area contributed by atoms with Gasteiger partial charge in [0, 0.05) is 18.3 Å². The quantitative estimate of drug-likeness (QED) is 0.674. The molecule has 3 aliphatic rings. The van der Waals surface area contributed by atoms with Crippen molar-refractivity contribution in [1.82, 2.24) is 15.6 Å². The molecule has 2 amide bonds. The highest BCUT2D eigenvalue weighted by molar-refractivity contribution is 8.18. The third-order valence-corrected chi connectivity index (χ3v) is 5.76. The lowest BCUT2D eigenvalue weighted by Crippen LogP contribution is -2.22. The highest BCUT2D eigenvalue weighted by Crippen LogP contribution is 2.36. The van der Waals surface area contributed by atoms with E-state index in [0.717, 1.165) is 22.4 Å². The smallest absolute Gasteiger partial charge is 0.268 e. The summed E-state index contributed by atoms with van der Waals surface area (Å²) in [6.07, 6.45) is 2.30. The summed E-state index contributed by atoms with van der Waals surface area (Å²) >= 11 is 1.31. The highest BCUT2D eigenvalue weighted by Gasteiger charge is 2.30. The number of H-pyrrole nitrogens is 1. The molecule has 4 heterocycles. The van der Waals surface area contributed by atoms with E-state index in [1.54, 1.807) is 6.20 Å². The van der Waals surface area contributed by atoms with Crippen LogP contribution in [0.2, 0.25) is 0 Å². The Morgan fingerprint density at radius 2 is 2.00 bits per heavy atom. The molecular formula is C19H16N4O4S. The summed E-state index contributed by atoms with van der Waals surface area (Å²) < 4.78 is 10.7. The number of hydrogen-bond acceptors (Lipinski definition) is 6. The molecular weight excluding hydrogens is 380 g/mol. The number of amides is 2. The summed E-state index contributed by atoms with van der Waals surface area (Å²) in [6.45, 7) is 1.13. The van der Waals surface area contributed by atoms with Gasteiger partial charge in [0.1, 0.15) is 5.69 Å². The molecule has 1 aromatic carbocycles. The maximum Gasteiger partial charge on any atom is 0.268 e. The van der Waals surface area contributed by atoms with E-state index in [9.17, 15) is 9.59 Å². The van der Waals surface area contributed by atoms with E-state index in [4.69, 9.17) is 9.47 Å². The summed E-state index contributed by atoms with van der Waals surface area (Å²) in [6, 6.07) is 7.50. The average Bonchev–Trinajstić information content (AvgIpc) is 3.41. The van der Waals surface area contributed by atoms with Crippen LogP contribution in [0.25, 0.3) is 5.57 Å². The second-order valence-corrected chi connectivity index (χ2v) is 7.44. The van der Waals surface area contributed by atoms with Crippen molar-refractivity contribution < 1.29 is 19.1 Å². The summed E-state index contributed by atoms with van der Waals surface area (Å²) in [5, 5.41) is 6.21. The number of hydrogen-bond donors (Lipinski definition) is 3. The van der Waals surface area contributed by atoms with E-state index in [1.807, 2.05) is 24.3 Å². The van der Waals surface area contributed by atoms with Gasteiger partial charge in [-0.2, -0.15) is 0 Å². The zero-order valence-electron chi connectivity index (χ0n) is 14.7. The number of benzene rings is 1. The number of aromatic nitrogens is 1. The van der Waals surface area contributed by atoms with Crippen molar-refractivity contribution in [2.45, 2.75) is 13.0 Å². The molecule has 28 heavy (non-hydrogen) atoms. The van der Waals surface area contributed by atoms with Crippen LogP contribution in [0.3, 0.4) is 0 Å². The zero-order chi connectivity index (χ0) is 19.1. The Labute approximate surface area is 164 Å². The number of thioether (sulfide) groups is 1. The van der Waals surface area contributed by atoms with Crippen molar-refractivity contribution >= 4 is 34.3 Å². The Balaban J connectivity index is 1.40. The minimum Gasteiger partial charge on any atom is -0.454 e. The molecule has 3 N–H and O–H groups in total. The Bertz CT molecular complexity index is 1060. The third-order valence-electron chi connectivity index (χ3n) is 4.70. The molecule has 0 aliphatic carbocycles. The van der Waals surface area contributed by atoms with Crippen LogP contribution in [-0.2, 0) is 11.3 Å². The predicted molar refractivity (Wildman–Crippen MR) is 104 cm³/mol. The van der Waals surface area contributed by atoms with Crippen LogP contribution in [0.4, 0.5) is 0 Å². The molecule has 1 fully saturated rings. The maximum absolute atomic E-state index is 12.6. The van der Waals surface area contributed by atoms with E-state index in [1.165, 1.54) is 11.8 Å². The van der Waals surface area contributed by atoms with E-state index in [2.05, 4.69) is 20.6 Å². The van der Waals surface area contributed by atoms with Crippen molar-refractivity contribution in [2.24, 2.45) is 4.99 Å². The SMILES string of the molecule is O=C1NC(=NCc2ccc3c(c2)OCO3)S/C1=C1/CCNC(=O)c2[nH]ccc21. The van der Waals surface area contributed by atoms with Crippen LogP contribution in [0.5, 0.6) is 11.5 Å². The minimum atomic E-state index is -0.189. The molecule has 8 nitrogen and oxygen atoms in total. The van der Waals surface area contributed by atoms with Crippen molar-refractivity contribution in [3.05, 3.63) is 52.2 Å². The molecule has 1 aromatic heterocycles. The van der Waals surface area contributed by atoms with E-state index in [-0.39, 0.29) is 18.6 Å². The largest absolute Gasteiger partial charge is 0.454 e. The Morgan fingerprint density at radius 3 is 2.93 bits per heavy atom. The molecule has 3 aliphatic heterocycles. The molecule has 0 bridgehead atoms. The van der Waals surface area contributed by atoms with E-state index < -0.39 is 0 Å². The average molecular weight is 396 g/mol. The van der Waals surface area contributed by atoms with Crippen LogP contribution in [0.1, 0.15) is 28.0 Å². The molecule has 9 heteroatoms. The van der Waals surface area contributed by atoms with Gasteiger partial charge in [-0.3, -0.25) is 14.6 Å². The molecule has 5 rings (SSSR count). The van der Waals surface area contributed by atoms with Gasteiger partial charge in [-0.1, -0.05) is 6.07 Å². The number of rotatable bonds is 2. The fourth-order valence-electron chi connectivity index (χ4n) is 3.36. The fourth-order valence-corrected chi connectivity index (χ4v) is 4.31. The number of aromatic amines is 1. The van der Waals surface area contributed by atoms with Crippen molar-refractivity contribution in [3.63, 3.8) is 0 Å². The first-order chi connectivity index (χ1) is 13.7. The first kappa shape index (κ1) is 16.9. The lowest BCUT2D eigenvalue weighted by atomic mass is 10.0. The molecule has 0 spiro atoms. The fraction of sp³-hybridized carbons (Fsp3) is 0.211. The number of ether oxygens (including phenoxy) is 2. The second kappa shape index (κ2) is 6.75. The zero-order valence-corrected chi connectivity index (χ0v) is 15.5. The van der Waals surface area contributed by atoms with Crippen LogP contribution in [-0.4, -0.2) is 35.3 Å². The molecule has 142 valence electrons. The number of amidine groups is 1. The lowest BCUT2D eigenvalue weighted by molar-refractivity contribution is -0.115. The summed E-state index contributed by atoms with van der Waals surface area (Å²) in [7, 11) is 0. The topological polar surface area (TPSA) is 105 Å². The van der Waals surface area contributed by atoms with Gasteiger partial charge in [-0.05, 0) is 47.5 Å². The third kappa shape index (κ3) is 2.93. The molecule has 1 saturated heterocycles. The number of aliphatic imine (C=N–C) groups is 1. The molecule has 0 saturated carbocycles. The standard InChI is InChI=1S/C19H16N4O4S/c24-17-15-11(3-5-20-15)12(4-6-21-17)16-18(25)23-19(28-16)22-8-10-1-2-13-14(7-10)27-9-26-13/h1-3,5,7,20H,4,6,8-9H2,(H,21,24)(H,22,23,25)/b16-12-. The van der Waals surface area contributed by atoms with Gasteiger partial charge < -0.3 is 25.1 Å². The predicted octanol–water partition coefficient (Wildman–Crippen LogP) is 2.01. The summed E-state index contributed by atoms with van der Waals surface area (Å²) in [4.78, 5) is 32.7. The normalized spacial score (nSPS) is 22.1. The number of nitrogens with zero attached hydrogens (tertiary/aromatic N) is 1. The number of carbonyl (C=O) groups is 2. The summed E-state index contributed by atoms with van der Waals surface area (Å²) in [5.74, 6) is 1.09. The number of carbonyl (C=O) groups excluding carboxylic acids is 2. The van der Waals surface area contributed by atoms with Crippen LogP contribution < -0.4 is 20.1 Å². The maximum atomic E-state index is 12.6. The molecule has 0 radical (unpaired) electrons. The van der Waals surface area contributed by atoms with Gasteiger partial charge in [0.2, 0.25) is 6.79 Å². The first-order valence-electron chi connectivity index (χ1n) is 8.80. The van der Waals surface area contributed by atoms with E-state index in [0.29, 0.717) is 41.0 Å². The summed E-state index contributed by atoms with van der Waals surface area (Å²) in [5.41, 5.74) is 3.07. The van der Waals surface area contributed by atoms with Gasteiger partial charge in [-0.15, -0.1) is 0 Å². The Morgan fingerprint density at radius 1 is 1.11 bits per heavy atom. The van der Waals surface area contributed by atoms with Crippen molar-refractivity contribution in [2.75, 3.05) is 13.3 Å². The molecule has 2 aromatic rings. The van der Waals surface area contributed by atoms with Crippen LogP contribution in [0.15, 0.2) is 40.4 Å². The van der Waals surface area contributed by atoms with Crippen LogP contribution >= 0.6 is 11.8 Å². The second-order valence-electron chi connectivity index (χ2n) is 6.45. The number of fused-ring (bicyclic) bond motifs is 2. The van der Waals surface area contributed by atoms with Crippen LogP contribution in [0, 0.1) is 0 Å². The Kier molecular flexibility index (Phi) is 4.09. The monoisotopic (exact) mass is 396 g/mol.